The Morgan fingerprint density at radius 1 is 1.47 bits per heavy atom. The molecule has 19 heavy (non-hydrogen) atoms. The van der Waals surface area contributed by atoms with Crippen LogP contribution in [0.15, 0.2) is 29.8 Å². The van der Waals surface area contributed by atoms with Crippen molar-refractivity contribution < 1.29 is 29.2 Å². The molecule has 1 aliphatic heterocycles. The first-order valence-corrected chi connectivity index (χ1v) is 5.40. The Morgan fingerprint density at radius 3 is 2.63 bits per heavy atom. The van der Waals surface area contributed by atoms with Gasteiger partial charge in [0.25, 0.3) is 0 Å². The number of carboxylic acids is 1. The number of alkyl halides is 3. The van der Waals surface area contributed by atoms with E-state index in [1.807, 2.05) is 0 Å². The van der Waals surface area contributed by atoms with Crippen molar-refractivity contribution in [1.82, 2.24) is 0 Å². The minimum Gasteiger partial charge on any atom is -0.478 e. The molecule has 1 N–H and O–H groups in total. The number of hydrogen-bond acceptors (Lipinski definition) is 2. The number of carboxylic acid groups (broad SMARTS) is 1. The number of carbonyl (C=O) groups is 1. The highest BCUT2D eigenvalue weighted by Crippen LogP contribution is 2.47. The molecule has 1 aromatic carbocycles. The number of halogens is 3. The quantitative estimate of drug-likeness (QED) is 0.854. The van der Waals surface area contributed by atoms with Crippen LogP contribution in [0.25, 0.3) is 5.57 Å². The highest BCUT2D eigenvalue weighted by Gasteiger charge is 2.60. The Kier molecular flexibility index (Phi) is 2.55. The van der Waals surface area contributed by atoms with Crippen molar-refractivity contribution in [3.63, 3.8) is 0 Å². The van der Waals surface area contributed by atoms with Crippen LogP contribution in [0.2, 0.25) is 0 Å². The van der Waals surface area contributed by atoms with Crippen molar-refractivity contribution in [3.8, 4) is 5.75 Å². The molecule has 0 spiro atoms. The van der Waals surface area contributed by atoms with Crippen LogP contribution in [0.1, 0.15) is 20.8 Å². The van der Waals surface area contributed by atoms with Crippen molar-refractivity contribution in [1.29, 1.82) is 0 Å². The third-order valence-electron chi connectivity index (χ3n) is 3.11. The molecule has 1 aromatic rings. The second kappa shape index (κ2) is 4.01. The molecule has 6 heteroatoms. The fraction of sp³-hybridized carbons (Fsp3) is 0.308. The molecule has 1 aliphatic rings. The smallest absolute Gasteiger partial charge is 0.432 e. The molecule has 0 aromatic heterocycles. The third kappa shape index (κ3) is 1.87. The van der Waals surface area contributed by atoms with E-state index in [0.717, 1.165) is 0 Å². The predicted molar refractivity (Wildman–Crippen MR) is 61.8 cm³/mol. The largest absolute Gasteiger partial charge is 0.478 e. The van der Waals surface area contributed by atoms with E-state index < -0.39 is 23.3 Å². The van der Waals surface area contributed by atoms with E-state index in [9.17, 15) is 18.0 Å². The van der Waals surface area contributed by atoms with Gasteiger partial charge in [0.2, 0.25) is 5.60 Å². The lowest BCUT2D eigenvalue weighted by atomic mass is 9.85. The van der Waals surface area contributed by atoms with Gasteiger partial charge in [-0.2, -0.15) is 13.2 Å². The van der Waals surface area contributed by atoms with E-state index >= 15 is 0 Å². The van der Waals surface area contributed by atoms with Gasteiger partial charge in [0, 0.05) is 5.56 Å². The van der Waals surface area contributed by atoms with Gasteiger partial charge in [0.05, 0.1) is 6.94 Å². The summed E-state index contributed by atoms with van der Waals surface area (Å²) in [6.07, 6.45) is -4.89. The summed E-state index contributed by atoms with van der Waals surface area (Å²) in [4.78, 5) is 11.2. The van der Waals surface area contributed by atoms with Crippen LogP contribution < -0.4 is 4.74 Å². The van der Waals surface area contributed by atoms with Crippen molar-refractivity contribution in [2.75, 3.05) is 0 Å². The molecule has 2 rings (SSSR count). The number of ether oxygens (including phenoxy) is 1. The minimum atomic E-state index is -4.89. The molecule has 0 fully saturated rings. The number of aliphatic carboxylic acids is 1. The average molecular weight is 273 g/mol. The van der Waals surface area contributed by atoms with E-state index in [4.69, 9.17) is 11.2 Å². The lowest BCUT2D eigenvalue weighted by molar-refractivity contribution is -0.229. The van der Waals surface area contributed by atoms with E-state index in [1.54, 1.807) is 0 Å². The lowest BCUT2D eigenvalue weighted by Gasteiger charge is -2.38. The Bertz CT molecular complexity index is 622. The Balaban J connectivity index is 2.82. The lowest BCUT2D eigenvalue weighted by Crippen LogP contribution is -2.52. The number of fused-ring (bicyclic) bond motifs is 1. The van der Waals surface area contributed by atoms with Gasteiger partial charge in [-0.1, -0.05) is 18.2 Å². The summed E-state index contributed by atoms with van der Waals surface area (Å²) in [5, 5.41) is 9.12. The first-order chi connectivity index (χ1) is 9.09. The van der Waals surface area contributed by atoms with Gasteiger partial charge >= 0.3 is 12.1 Å². The Labute approximate surface area is 108 Å². The molecule has 102 valence electrons. The zero-order valence-electron chi connectivity index (χ0n) is 11.1. The van der Waals surface area contributed by atoms with E-state index in [1.165, 1.54) is 25.1 Å². The fourth-order valence-electron chi connectivity index (χ4n) is 2.12. The van der Waals surface area contributed by atoms with Crippen LogP contribution in [-0.2, 0) is 4.79 Å². The highest BCUT2D eigenvalue weighted by molar-refractivity contribution is 6.00. The molecule has 0 amide bonds. The van der Waals surface area contributed by atoms with Crippen LogP contribution in [-0.4, -0.2) is 22.9 Å². The summed E-state index contributed by atoms with van der Waals surface area (Å²) in [5.74, 6) is -1.85. The Morgan fingerprint density at radius 2 is 2.11 bits per heavy atom. The monoisotopic (exact) mass is 273 g/mol. The zero-order chi connectivity index (χ0) is 15.3. The SMILES string of the molecule is [2H]c1cccc2c1C(C)=C(C(=O)O)C(C)(C(F)(F)F)O2. The van der Waals surface area contributed by atoms with Gasteiger partial charge in [-0.3, -0.25) is 0 Å². The van der Waals surface area contributed by atoms with Crippen molar-refractivity contribution in [2.24, 2.45) is 0 Å². The van der Waals surface area contributed by atoms with Gasteiger partial charge in [-0.25, -0.2) is 4.79 Å². The molecule has 3 nitrogen and oxygen atoms in total. The average Bonchev–Trinajstić information content (AvgIpc) is 2.26. The van der Waals surface area contributed by atoms with Crippen LogP contribution in [0.5, 0.6) is 5.75 Å². The van der Waals surface area contributed by atoms with Gasteiger partial charge in [0.15, 0.2) is 0 Å². The van der Waals surface area contributed by atoms with Crippen LogP contribution >= 0.6 is 0 Å². The summed E-state index contributed by atoms with van der Waals surface area (Å²) in [6, 6.07) is 3.96. The molecule has 0 aliphatic carbocycles. The third-order valence-corrected chi connectivity index (χ3v) is 3.11. The predicted octanol–water partition coefficient (Wildman–Crippen LogP) is 3.26. The molecule has 0 saturated carbocycles. The maximum atomic E-state index is 13.2. The maximum Gasteiger partial charge on any atom is 0.432 e. The first-order valence-electron chi connectivity index (χ1n) is 5.90. The Hall–Kier alpha value is -1.98. The van der Waals surface area contributed by atoms with Crippen LogP contribution in [0, 0.1) is 0 Å². The van der Waals surface area contributed by atoms with E-state index in [2.05, 4.69) is 0 Å². The summed E-state index contributed by atoms with van der Waals surface area (Å²) < 4.78 is 52.3. The molecule has 1 atom stereocenters. The van der Waals surface area contributed by atoms with Crippen LogP contribution in [0.4, 0.5) is 13.2 Å². The van der Waals surface area contributed by atoms with Gasteiger partial charge in [-0.05, 0) is 25.5 Å². The molecule has 1 heterocycles. The van der Waals surface area contributed by atoms with Gasteiger partial charge in [0.1, 0.15) is 5.75 Å². The zero-order valence-corrected chi connectivity index (χ0v) is 10.1. The second-order valence-corrected chi connectivity index (χ2v) is 4.35. The van der Waals surface area contributed by atoms with Gasteiger partial charge < -0.3 is 9.84 Å². The summed E-state index contributed by atoms with van der Waals surface area (Å²) in [5.41, 5.74) is -3.86. The van der Waals surface area contributed by atoms with Crippen molar-refractivity contribution in [3.05, 3.63) is 35.4 Å². The molecular formula is C13H11F3O3. The molecule has 0 saturated heterocycles. The molecular weight excluding hydrogens is 261 g/mol. The molecule has 0 bridgehead atoms. The number of benzene rings is 1. The molecule has 0 radical (unpaired) electrons. The van der Waals surface area contributed by atoms with Crippen molar-refractivity contribution >= 4 is 11.5 Å². The van der Waals surface area contributed by atoms with Crippen LogP contribution in [0.3, 0.4) is 0 Å². The summed E-state index contributed by atoms with van der Waals surface area (Å²) in [6.45, 7) is 1.94. The highest BCUT2D eigenvalue weighted by atomic mass is 19.4. The maximum absolute atomic E-state index is 13.2. The number of rotatable bonds is 1. The minimum absolute atomic E-state index is 0.0756. The fourth-order valence-corrected chi connectivity index (χ4v) is 2.12. The topological polar surface area (TPSA) is 46.5 Å². The standard InChI is InChI=1S/C13H11F3O3/c1-7-8-5-3-4-6-9(8)19-12(2,13(14,15)16)10(7)11(17)18/h3-6H,1-2H3,(H,17,18)/i5D. The van der Waals surface area contributed by atoms with Gasteiger partial charge in [-0.15, -0.1) is 0 Å². The van der Waals surface area contributed by atoms with Crippen molar-refractivity contribution in [2.45, 2.75) is 25.6 Å². The number of allylic oxidation sites excluding steroid dienone is 1. The second-order valence-electron chi connectivity index (χ2n) is 4.35. The number of hydrogen-bond donors (Lipinski definition) is 1. The number of para-hydroxylation sites is 1. The molecule has 1 unspecified atom stereocenters. The summed E-state index contributed by atoms with van der Waals surface area (Å²) >= 11 is 0. The summed E-state index contributed by atoms with van der Waals surface area (Å²) in [7, 11) is 0. The normalized spacial score (nSPS) is 23.5. The first kappa shape index (κ1) is 12.1. The van der Waals surface area contributed by atoms with E-state index in [-0.39, 0.29) is 22.9 Å². The van der Waals surface area contributed by atoms with E-state index in [0.29, 0.717) is 6.92 Å².